The van der Waals surface area contributed by atoms with Crippen LogP contribution in [0.2, 0.25) is 0 Å². The predicted molar refractivity (Wildman–Crippen MR) is 55.1 cm³/mol. The molecule has 2 aromatic rings. The highest BCUT2D eigenvalue weighted by Crippen LogP contribution is 2.31. The lowest BCUT2D eigenvalue weighted by atomic mass is 9.94. The Morgan fingerprint density at radius 3 is 3.07 bits per heavy atom. The number of nitrogens with zero attached hydrogens (tertiary/aromatic N) is 1. The van der Waals surface area contributed by atoms with Gasteiger partial charge in [0.25, 0.3) is 0 Å². The molecule has 2 heterocycles. The van der Waals surface area contributed by atoms with Gasteiger partial charge in [-0.2, -0.15) is 0 Å². The third kappa shape index (κ3) is 0.953. The topological polar surface area (TPSA) is 52.0 Å². The van der Waals surface area contributed by atoms with Crippen molar-refractivity contribution < 1.29 is 4.42 Å². The number of furan rings is 1. The van der Waals surface area contributed by atoms with E-state index in [2.05, 4.69) is 4.98 Å². The summed E-state index contributed by atoms with van der Waals surface area (Å²) >= 11 is 0. The molecule has 0 radical (unpaired) electrons. The highest BCUT2D eigenvalue weighted by molar-refractivity contribution is 5.89. The monoisotopic (exact) mass is 188 g/mol. The zero-order valence-electron chi connectivity index (χ0n) is 7.92. The molecule has 0 aromatic carbocycles. The van der Waals surface area contributed by atoms with Gasteiger partial charge >= 0.3 is 0 Å². The van der Waals surface area contributed by atoms with Gasteiger partial charge in [0.05, 0.1) is 11.6 Å². The molecule has 0 saturated heterocycles. The fourth-order valence-electron chi connectivity index (χ4n) is 2.18. The van der Waals surface area contributed by atoms with Crippen molar-refractivity contribution in [2.75, 3.05) is 5.73 Å². The first-order chi connectivity index (χ1) is 6.86. The Hall–Kier alpha value is -1.51. The molecule has 0 atom stereocenters. The number of nitrogen functional groups attached to an aromatic ring is 1. The van der Waals surface area contributed by atoms with Gasteiger partial charge in [-0.05, 0) is 37.3 Å². The van der Waals surface area contributed by atoms with Crippen molar-refractivity contribution in [1.82, 2.24) is 4.98 Å². The number of fused-ring (bicyclic) bond motifs is 2. The normalized spacial score (nSPS) is 15.7. The van der Waals surface area contributed by atoms with Crippen LogP contribution in [0.3, 0.4) is 0 Å². The fraction of sp³-hybridized carbons (Fsp3) is 0.364. The van der Waals surface area contributed by atoms with Crippen molar-refractivity contribution in [2.45, 2.75) is 25.7 Å². The van der Waals surface area contributed by atoms with Crippen LogP contribution in [-0.2, 0) is 12.8 Å². The van der Waals surface area contributed by atoms with Gasteiger partial charge in [0.1, 0.15) is 0 Å². The SMILES string of the molecule is Nc1c2c(nc3occc13)CCCC2. The van der Waals surface area contributed by atoms with E-state index in [1.807, 2.05) is 6.07 Å². The summed E-state index contributed by atoms with van der Waals surface area (Å²) < 4.78 is 5.27. The Balaban J connectivity index is 2.36. The van der Waals surface area contributed by atoms with Crippen LogP contribution in [0.15, 0.2) is 16.7 Å². The lowest BCUT2D eigenvalue weighted by Gasteiger charge is -2.16. The number of nitrogens with two attached hydrogens (primary N) is 1. The van der Waals surface area contributed by atoms with E-state index in [1.54, 1.807) is 6.26 Å². The molecule has 0 amide bonds. The molecule has 3 heteroatoms. The van der Waals surface area contributed by atoms with Crippen LogP contribution in [0.25, 0.3) is 11.1 Å². The van der Waals surface area contributed by atoms with E-state index in [0.29, 0.717) is 5.71 Å². The Morgan fingerprint density at radius 2 is 2.14 bits per heavy atom. The second-order valence-electron chi connectivity index (χ2n) is 3.80. The van der Waals surface area contributed by atoms with Crippen molar-refractivity contribution in [2.24, 2.45) is 0 Å². The van der Waals surface area contributed by atoms with Gasteiger partial charge in [0, 0.05) is 11.4 Å². The number of anilines is 1. The Labute approximate surface area is 81.9 Å². The Kier molecular flexibility index (Phi) is 1.54. The predicted octanol–water partition coefficient (Wildman–Crippen LogP) is 2.29. The molecule has 14 heavy (non-hydrogen) atoms. The van der Waals surface area contributed by atoms with E-state index in [4.69, 9.17) is 10.2 Å². The molecule has 1 aliphatic rings. The van der Waals surface area contributed by atoms with Crippen molar-refractivity contribution in [3.63, 3.8) is 0 Å². The van der Waals surface area contributed by atoms with E-state index in [9.17, 15) is 0 Å². The lowest BCUT2D eigenvalue weighted by Crippen LogP contribution is -2.08. The van der Waals surface area contributed by atoms with Crippen molar-refractivity contribution in [3.05, 3.63) is 23.6 Å². The fourth-order valence-corrected chi connectivity index (χ4v) is 2.18. The second-order valence-corrected chi connectivity index (χ2v) is 3.80. The second kappa shape index (κ2) is 2.74. The average Bonchev–Trinajstić information content (AvgIpc) is 2.66. The number of aryl methyl sites for hydroxylation is 1. The summed E-state index contributed by atoms with van der Waals surface area (Å²) in [6, 6.07) is 1.90. The minimum atomic E-state index is 0.683. The van der Waals surface area contributed by atoms with Gasteiger partial charge in [-0.15, -0.1) is 0 Å². The summed E-state index contributed by atoms with van der Waals surface area (Å²) in [5.41, 5.74) is 10.0. The highest BCUT2D eigenvalue weighted by Gasteiger charge is 2.17. The lowest BCUT2D eigenvalue weighted by molar-refractivity contribution is 0.594. The molecule has 0 unspecified atom stereocenters. The largest absolute Gasteiger partial charge is 0.446 e. The first kappa shape index (κ1) is 7.85. The van der Waals surface area contributed by atoms with Crippen molar-refractivity contribution in [3.8, 4) is 0 Å². The third-order valence-electron chi connectivity index (χ3n) is 2.94. The van der Waals surface area contributed by atoms with Crippen LogP contribution in [-0.4, -0.2) is 4.98 Å². The summed E-state index contributed by atoms with van der Waals surface area (Å²) in [6.45, 7) is 0. The van der Waals surface area contributed by atoms with Gasteiger partial charge in [-0.25, -0.2) is 4.98 Å². The molecule has 3 rings (SSSR count). The molecule has 2 aromatic heterocycles. The maximum atomic E-state index is 6.08. The molecule has 0 bridgehead atoms. The number of pyridine rings is 1. The van der Waals surface area contributed by atoms with Gasteiger partial charge in [0.2, 0.25) is 5.71 Å². The van der Waals surface area contributed by atoms with Gasteiger partial charge in [-0.3, -0.25) is 0 Å². The van der Waals surface area contributed by atoms with E-state index in [-0.39, 0.29) is 0 Å². The quantitative estimate of drug-likeness (QED) is 0.690. The number of hydrogen-bond donors (Lipinski definition) is 1. The molecule has 2 N–H and O–H groups in total. The van der Waals surface area contributed by atoms with E-state index < -0.39 is 0 Å². The molecule has 3 nitrogen and oxygen atoms in total. The zero-order chi connectivity index (χ0) is 9.54. The zero-order valence-corrected chi connectivity index (χ0v) is 7.92. The Bertz CT molecular complexity index is 487. The first-order valence-corrected chi connectivity index (χ1v) is 5.00. The number of aromatic nitrogens is 1. The van der Waals surface area contributed by atoms with Crippen LogP contribution < -0.4 is 5.73 Å². The first-order valence-electron chi connectivity index (χ1n) is 5.00. The summed E-state index contributed by atoms with van der Waals surface area (Å²) in [6.07, 6.45) is 6.19. The molecule has 0 aliphatic heterocycles. The van der Waals surface area contributed by atoms with Gasteiger partial charge in [0.15, 0.2) is 0 Å². The Morgan fingerprint density at radius 1 is 1.29 bits per heavy atom. The smallest absolute Gasteiger partial charge is 0.228 e. The molecule has 0 fully saturated rings. The average molecular weight is 188 g/mol. The minimum Gasteiger partial charge on any atom is -0.446 e. The van der Waals surface area contributed by atoms with Gasteiger partial charge in [-0.1, -0.05) is 0 Å². The van der Waals surface area contributed by atoms with E-state index in [0.717, 1.165) is 29.6 Å². The summed E-state index contributed by atoms with van der Waals surface area (Å²) in [7, 11) is 0. The summed E-state index contributed by atoms with van der Waals surface area (Å²) in [5, 5.41) is 0.964. The van der Waals surface area contributed by atoms with E-state index in [1.165, 1.54) is 18.4 Å². The third-order valence-corrected chi connectivity index (χ3v) is 2.94. The summed E-state index contributed by atoms with van der Waals surface area (Å²) in [5.74, 6) is 0. The standard InChI is InChI=1S/C11H12N2O/c12-10-7-3-1-2-4-9(7)13-11-8(10)5-6-14-11/h5-6H,1-4H2,(H2,12,13). The number of hydrogen-bond acceptors (Lipinski definition) is 3. The molecule has 72 valence electrons. The highest BCUT2D eigenvalue weighted by atomic mass is 16.3. The van der Waals surface area contributed by atoms with Gasteiger partial charge < -0.3 is 10.2 Å². The molecule has 0 spiro atoms. The molecule has 0 saturated carbocycles. The van der Waals surface area contributed by atoms with E-state index >= 15 is 0 Å². The molecule has 1 aliphatic carbocycles. The van der Waals surface area contributed by atoms with Crippen molar-refractivity contribution in [1.29, 1.82) is 0 Å². The van der Waals surface area contributed by atoms with Crippen molar-refractivity contribution >= 4 is 16.8 Å². The molecular formula is C11H12N2O. The van der Waals surface area contributed by atoms with Crippen LogP contribution in [0.4, 0.5) is 5.69 Å². The summed E-state index contributed by atoms with van der Waals surface area (Å²) in [4.78, 5) is 4.49. The van der Waals surface area contributed by atoms with Crippen LogP contribution in [0.5, 0.6) is 0 Å². The number of rotatable bonds is 0. The minimum absolute atomic E-state index is 0.683. The maximum absolute atomic E-state index is 6.08. The molecular weight excluding hydrogens is 176 g/mol. The van der Waals surface area contributed by atoms with Crippen LogP contribution >= 0.6 is 0 Å². The maximum Gasteiger partial charge on any atom is 0.228 e. The van der Waals surface area contributed by atoms with Crippen LogP contribution in [0, 0.1) is 0 Å². The van der Waals surface area contributed by atoms with Crippen LogP contribution in [0.1, 0.15) is 24.1 Å².